The minimum absolute atomic E-state index is 0.0358. The molecule has 2 aromatic rings. The molecule has 144 valence electrons. The Bertz CT molecular complexity index is 788. The van der Waals surface area contributed by atoms with Crippen molar-refractivity contribution in [3.8, 4) is 5.75 Å². The van der Waals surface area contributed by atoms with E-state index in [9.17, 15) is 14.0 Å². The van der Waals surface area contributed by atoms with Crippen LogP contribution in [0.2, 0.25) is 0 Å². The average Bonchev–Trinajstić information content (AvgIpc) is 2.67. The van der Waals surface area contributed by atoms with Gasteiger partial charge >= 0.3 is 0 Å². The second-order valence-electron chi connectivity index (χ2n) is 6.75. The van der Waals surface area contributed by atoms with Gasteiger partial charge < -0.3 is 15.4 Å². The third-order valence-corrected chi connectivity index (χ3v) is 4.39. The molecule has 0 fully saturated rings. The molecule has 0 radical (unpaired) electrons. The van der Waals surface area contributed by atoms with Crippen LogP contribution in [0.4, 0.5) is 4.39 Å². The number of amides is 2. The zero-order valence-electron chi connectivity index (χ0n) is 15.8. The fourth-order valence-electron chi connectivity index (χ4n) is 2.47. The first kappa shape index (κ1) is 20.4. The third-order valence-electron chi connectivity index (χ3n) is 4.39. The van der Waals surface area contributed by atoms with Crippen LogP contribution >= 0.6 is 0 Å². The monoisotopic (exact) mass is 372 g/mol. The molecule has 0 saturated heterocycles. The van der Waals surface area contributed by atoms with Crippen LogP contribution in [0.5, 0.6) is 5.75 Å². The van der Waals surface area contributed by atoms with E-state index < -0.39 is 11.3 Å². The molecule has 0 atom stereocenters. The van der Waals surface area contributed by atoms with Crippen molar-refractivity contribution >= 4 is 11.8 Å². The van der Waals surface area contributed by atoms with Crippen molar-refractivity contribution in [1.29, 1.82) is 0 Å². The summed E-state index contributed by atoms with van der Waals surface area (Å²) in [7, 11) is 1.61. The highest BCUT2D eigenvalue weighted by atomic mass is 19.1. The van der Waals surface area contributed by atoms with E-state index in [1.165, 1.54) is 6.07 Å². The van der Waals surface area contributed by atoms with Crippen molar-refractivity contribution in [1.82, 2.24) is 10.6 Å². The van der Waals surface area contributed by atoms with E-state index in [4.69, 9.17) is 4.74 Å². The Balaban J connectivity index is 1.83. The van der Waals surface area contributed by atoms with Gasteiger partial charge in [-0.25, -0.2) is 4.39 Å². The lowest BCUT2D eigenvalue weighted by Crippen LogP contribution is -2.48. The number of hydrogen-bond donors (Lipinski definition) is 2. The van der Waals surface area contributed by atoms with Gasteiger partial charge in [0.15, 0.2) is 0 Å². The number of halogens is 1. The van der Waals surface area contributed by atoms with Crippen LogP contribution in [-0.4, -0.2) is 25.5 Å². The first-order valence-corrected chi connectivity index (χ1v) is 8.77. The van der Waals surface area contributed by atoms with Gasteiger partial charge in [-0.1, -0.05) is 30.3 Å². The summed E-state index contributed by atoms with van der Waals surface area (Å²) in [5.74, 6) is -0.440. The number of hydrogen-bond acceptors (Lipinski definition) is 3. The molecular weight excluding hydrogens is 347 g/mol. The van der Waals surface area contributed by atoms with Crippen LogP contribution in [-0.2, 0) is 22.6 Å². The Morgan fingerprint density at radius 2 is 1.63 bits per heavy atom. The number of nitrogens with one attached hydrogen (secondary N) is 2. The summed E-state index contributed by atoms with van der Waals surface area (Å²) in [5.41, 5.74) is 0.171. The van der Waals surface area contributed by atoms with Crippen LogP contribution < -0.4 is 15.4 Å². The van der Waals surface area contributed by atoms with Crippen molar-refractivity contribution in [2.75, 3.05) is 13.7 Å². The van der Waals surface area contributed by atoms with Crippen LogP contribution in [0.3, 0.4) is 0 Å². The average molecular weight is 372 g/mol. The van der Waals surface area contributed by atoms with Crippen molar-refractivity contribution in [2.45, 2.75) is 26.8 Å². The lowest BCUT2D eigenvalue weighted by molar-refractivity contribution is -0.141. The molecule has 2 aromatic carbocycles. The van der Waals surface area contributed by atoms with Gasteiger partial charge in [0.05, 0.1) is 7.11 Å². The molecule has 2 amide bonds. The summed E-state index contributed by atoms with van der Waals surface area (Å²) in [5, 5.41) is 5.41. The Morgan fingerprint density at radius 1 is 1.00 bits per heavy atom. The maximum atomic E-state index is 13.6. The third kappa shape index (κ3) is 5.54. The first-order chi connectivity index (χ1) is 12.8. The number of rotatable bonds is 8. The van der Waals surface area contributed by atoms with Gasteiger partial charge in [-0.2, -0.15) is 0 Å². The highest BCUT2D eigenvalue weighted by molar-refractivity contribution is 6.04. The van der Waals surface area contributed by atoms with E-state index in [0.29, 0.717) is 18.5 Å². The predicted molar refractivity (Wildman–Crippen MR) is 102 cm³/mol. The molecule has 5 nitrogen and oxygen atoms in total. The zero-order valence-corrected chi connectivity index (χ0v) is 15.8. The van der Waals surface area contributed by atoms with Crippen LogP contribution in [0, 0.1) is 11.2 Å². The summed E-state index contributed by atoms with van der Waals surface area (Å²) >= 11 is 0. The van der Waals surface area contributed by atoms with Gasteiger partial charge in [0.1, 0.15) is 17.0 Å². The van der Waals surface area contributed by atoms with Crippen molar-refractivity contribution in [2.24, 2.45) is 5.41 Å². The summed E-state index contributed by atoms with van der Waals surface area (Å²) in [6.07, 6.45) is 0.642. The van der Waals surface area contributed by atoms with Gasteiger partial charge in [0.2, 0.25) is 11.8 Å². The Hall–Kier alpha value is -2.89. The quantitative estimate of drug-likeness (QED) is 0.700. The molecule has 0 aromatic heterocycles. The lowest BCUT2D eigenvalue weighted by atomic mass is 9.91. The maximum Gasteiger partial charge on any atom is 0.235 e. The van der Waals surface area contributed by atoms with E-state index in [1.54, 1.807) is 39.2 Å². The molecule has 0 aliphatic carbocycles. The minimum Gasteiger partial charge on any atom is -0.497 e. The Labute approximate surface area is 158 Å². The number of carbonyl (C=O) groups excluding carboxylic acids is 2. The van der Waals surface area contributed by atoms with Crippen LogP contribution in [0.15, 0.2) is 48.5 Å². The van der Waals surface area contributed by atoms with Gasteiger partial charge in [0, 0.05) is 18.7 Å². The first-order valence-electron chi connectivity index (χ1n) is 8.77. The van der Waals surface area contributed by atoms with E-state index >= 15 is 0 Å². The predicted octanol–water partition coefficient (Wildman–Crippen LogP) is 2.84. The van der Waals surface area contributed by atoms with Gasteiger partial charge in [-0.3, -0.25) is 9.59 Å². The fourth-order valence-corrected chi connectivity index (χ4v) is 2.47. The standard InChI is InChI=1S/C21H25FN2O3/c1-21(2,20(26)24-14-16-6-4-5-7-18(16)22)19(25)23-13-12-15-8-10-17(27-3)11-9-15/h4-11H,12-14H2,1-3H3,(H,23,25)(H,24,26). The van der Waals surface area contributed by atoms with Gasteiger partial charge in [-0.15, -0.1) is 0 Å². The van der Waals surface area contributed by atoms with E-state index in [0.717, 1.165) is 11.3 Å². The Morgan fingerprint density at radius 3 is 2.26 bits per heavy atom. The van der Waals surface area contributed by atoms with E-state index in [1.807, 2.05) is 24.3 Å². The lowest BCUT2D eigenvalue weighted by Gasteiger charge is -2.23. The molecule has 0 aliphatic heterocycles. The number of carbonyl (C=O) groups is 2. The van der Waals surface area contributed by atoms with Crippen molar-refractivity contribution < 1.29 is 18.7 Å². The molecule has 0 spiro atoms. The second kappa shape index (κ2) is 9.16. The Kier molecular flexibility index (Phi) is 6.93. The van der Waals surface area contributed by atoms with Crippen LogP contribution in [0.1, 0.15) is 25.0 Å². The second-order valence-corrected chi connectivity index (χ2v) is 6.75. The highest BCUT2D eigenvalue weighted by Gasteiger charge is 2.35. The molecule has 2 rings (SSSR count). The smallest absolute Gasteiger partial charge is 0.235 e. The van der Waals surface area contributed by atoms with Crippen molar-refractivity contribution in [3.63, 3.8) is 0 Å². The molecule has 0 bridgehead atoms. The maximum absolute atomic E-state index is 13.6. The number of benzene rings is 2. The summed E-state index contributed by atoms with van der Waals surface area (Å²) < 4.78 is 18.7. The number of ether oxygens (including phenoxy) is 1. The van der Waals surface area contributed by atoms with Crippen LogP contribution in [0.25, 0.3) is 0 Å². The van der Waals surface area contributed by atoms with E-state index in [2.05, 4.69) is 10.6 Å². The number of methoxy groups -OCH3 is 1. The molecule has 6 heteroatoms. The summed E-state index contributed by atoms with van der Waals surface area (Å²) in [6, 6.07) is 13.8. The van der Waals surface area contributed by atoms with Gasteiger partial charge in [0.25, 0.3) is 0 Å². The molecule has 27 heavy (non-hydrogen) atoms. The largest absolute Gasteiger partial charge is 0.497 e. The molecule has 0 aliphatic rings. The summed E-state index contributed by atoms with van der Waals surface area (Å²) in [6.45, 7) is 3.54. The molecule has 0 heterocycles. The van der Waals surface area contributed by atoms with Crippen molar-refractivity contribution in [3.05, 3.63) is 65.5 Å². The highest BCUT2D eigenvalue weighted by Crippen LogP contribution is 2.17. The minimum atomic E-state index is -1.26. The normalized spacial score (nSPS) is 11.0. The molecule has 0 unspecified atom stereocenters. The molecule has 0 saturated carbocycles. The summed E-state index contributed by atoms with van der Waals surface area (Å²) in [4.78, 5) is 24.8. The SMILES string of the molecule is COc1ccc(CCNC(=O)C(C)(C)C(=O)NCc2ccccc2F)cc1. The zero-order chi connectivity index (χ0) is 19.9. The molecule has 2 N–H and O–H groups in total. The fraction of sp³-hybridized carbons (Fsp3) is 0.333. The molecular formula is C21H25FN2O3. The van der Waals surface area contributed by atoms with E-state index in [-0.39, 0.29) is 18.3 Å². The topological polar surface area (TPSA) is 67.4 Å². The van der Waals surface area contributed by atoms with Gasteiger partial charge in [-0.05, 0) is 44.0 Å².